The van der Waals surface area contributed by atoms with Crippen LogP contribution in [0.2, 0.25) is 5.02 Å². The number of carboxylic acid groups (broad SMARTS) is 1. The summed E-state index contributed by atoms with van der Waals surface area (Å²) >= 11 is 5.44. The topological polar surface area (TPSA) is 89.7 Å². The summed E-state index contributed by atoms with van der Waals surface area (Å²) in [7, 11) is 0. The maximum absolute atomic E-state index is 12.7. The summed E-state index contributed by atoms with van der Waals surface area (Å²) in [6.45, 7) is 0. The van der Waals surface area contributed by atoms with Crippen molar-refractivity contribution in [1.29, 1.82) is 0 Å². The van der Waals surface area contributed by atoms with Gasteiger partial charge in [0.2, 0.25) is 5.75 Å². The minimum atomic E-state index is -4.57. The zero-order valence-corrected chi connectivity index (χ0v) is 8.65. The van der Waals surface area contributed by atoms with Crippen LogP contribution < -0.4 is 4.74 Å². The van der Waals surface area contributed by atoms with Crippen LogP contribution in [0.4, 0.5) is 14.5 Å². The van der Waals surface area contributed by atoms with Crippen molar-refractivity contribution in [3.63, 3.8) is 0 Å². The third-order valence-electron chi connectivity index (χ3n) is 1.61. The van der Waals surface area contributed by atoms with E-state index in [9.17, 15) is 23.7 Å². The summed E-state index contributed by atoms with van der Waals surface area (Å²) in [6.07, 6.45) is -4.57. The molecule has 17 heavy (non-hydrogen) atoms. The van der Waals surface area contributed by atoms with Gasteiger partial charge in [0.15, 0.2) is 0 Å². The molecule has 0 aromatic heterocycles. The van der Waals surface area contributed by atoms with Gasteiger partial charge in [-0.25, -0.2) is 4.79 Å². The van der Waals surface area contributed by atoms with Crippen LogP contribution in [0.3, 0.4) is 0 Å². The molecule has 1 aromatic carbocycles. The lowest BCUT2D eigenvalue weighted by Gasteiger charge is -2.13. The molecule has 1 aromatic rings. The molecule has 0 amide bonds. The highest BCUT2D eigenvalue weighted by atomic mass is 35.5. The maximum Gasteiger partial charge on any atom is 0.502 e. The molecule has 0 spiro atoms. The number of rotatable bonds is 4. The first kappa shape index (κ1) is 13.1. The number of hydrogen-bond acceptors (Lipinski definition) is 4. The molecule has 9 heteroatoms. The van der Waals surface area contributed by atoms with Crippen molar-refractivity contribution >= 4 is 23.3 Å². The fourth-order valence-electron chi connectivity index (χ4n) is 0.902. The van der Waals surface area contributed by atoms with Gasteiger partial charge in [0.25, 0.3) is 0 Å². The fraction of sp³-hybridized carbons (Fsp3) is 0.125. The predicted molar refractivity (Wildman–Crippen MR) is 51.3 cm³/mol. The Morgan fingerprint density at radius 3 is 2.59 bits per heavy atom. The fourth-order valence-corrected chi connectivity index (χ4v) is 1.06. The number of nitro benzene ring substituents is 1. The van der Waals surface area contributed by atoms with Gasteiger partial charge < -0.3 is 9.84 Å². The average molecular weight is 268 g/mol. The highest BCUT2D eigenvalue weighted by molar-refractivity contribution is 6.30. The largest absolute Gasteiger partial charge is 0.502 e. The second-order valence-electron chi connectivity index (χ2n) is 2.79. The summed E-state index contributed by atoms with van der Waals surface area (Å²) in [5, 5.41) is 18.5. The number of hydrogen-bond donors (Lipinski definition) is 1. The van der Waals surface area contributed by atoms with Crippen LogP contribution in [-0.4, -0.2) is 22.1 Å². The van der Waals surface area contributed by atoms with Crippen molar-refractivity contribution < 1.29 is 28.3 Å². The standard InChI is InChI=1S/C8H4ClF2NO5/c9-4-1-2-5(12(15)16)6(3-4)17-8(10,11)7(13)14/h1-3H,(H,13,14). The van der Waals surface area contributed by atoms with Crippen molar-refractivity contribution in [2.45, 2.75) is 6.11 Å². The smallest absolute Gasteiger partial charge is 0.474 e. The quantitative estimate of drug-likeness (QED) is 0.668. The zero-order chi connectivity index (χ0) is 13.2. The Bertz CT molecular complexity index is 479. The molecule has 92 valence electrons. The van der Waals surface area contributed by atoms with Crippen molar-refractivity contribution in [3.05, 3.63) is 33.3 Å². The van der Waals surface area contributed by atoms with Crippen LogP contribution in [-0.2, 0) is 4.79 Å². The second-order valence-corrected chi connectivity index (χ2v) is 3.23. The Labute approximate surface area is 97.5 Å². The summed E-state index contributed by atoms with van der Waals surface area (Å²) in [4.78, 5) is 19.6. The number of nitrogens with zero attached hydrogens (tertiary/aromatic N) is 1. The minimum Gasteiger partial charge on any atom is -0.474 e. The molecule has 1 N–H and O–H groups in total. The van der Waals surface area contributed by atoms with E-state index < -0.39 is 28.4 Å². The lowest BCUT2D eigenvalue weighted by atomic mass is 10.3. The van der Waals surface area contributed by atoms with E-state index in [4.69, 9.17) is 16.7 Å². The highest BCUT2D eigenvalue weighted by Gasteiger charge is 2.44. The van der Waals surface area contributed by atoms with Crippen molar-refractivity contribution in [1.82, 2.24) is 0 Å². The van der Waals surface area contributed by atoms with Gasteiger partial charge in [-0.2, -0.15) is 8.78 Å². The summed E-state index contributed by atoms with van der Waals surface area (Å²) in [5.41, 5.74) is -0.810. The van der Waals surface area contributed by atoms with E-state index in [1.54, 1.807) is 0 Å². The van der Waals surface area contributed by atoms with Crippen LogP contribution in [0, 0.1) is 10.1 Å². The number of ether oxygens (including phenoxy) is 1. The van der Waals surface area contributed by atoms with E-state index >= 15 is 0 Å². The molecule has 0 fully saturated rings. The van der Waals surface area contributed by atoms with Gasteiger partial charge in [-0.05, 0) is 6.07 Å². The number of carbonyl (C=O) groups is 1. The Hall–Kier alpha value is -1.96. The van der Waals surface area contributed by atoms with Crippen molar-refractivity contribution in [3.8, 4) is 5.75 Å². The number of carboxylic acids is 1. The average Bonchev–Trinajstić information content (AvgIpc) is 2.15. The first-order valence-corrected chi connectivity index (χ1v) is 4.36. The normalized spacial score (nSPS) is 11.0. The second kappa shape index (κ2) is 4.50. The van der Waals surface area contributed by atoms with Crippen LogP contribution in [0.5, 0.6) is 5.75 Å². The molecule has 0 aliphatic heterocycles. The van der Waals surface area contributed by atoms with E-state index in [0.717, 1.165) is 18.2 Å². The molecule has 0 radical (unpaired) electrons. The lowest BCUT2D eigenvalue weighted by molar-refractivity contribution is -0.387. The summed E-state index contributed by atoms with van der Waals surface area (Å²) < 4.78 is 29.2. The SMILES string of the molecule is O=C(O)C(F)(F)Oc1cc(Cl)ccc1[N+](=O)[O-]. The molecule has 6 nitrogen and oxygen atoms in total. The zero-order valence-electron chi connectivity index (χ0n) is 7.89. The lowest BCUT2D eigenvalue weighted by Crippen LogP contribution is -2.35. The van der Waals surface area contributed by atoms with Crippen molar-refractivity contribution in [2.24, 2.45) is 0 Å². The van der Waals surface area contributed by atoms with E-state index in [1.807, 2.05) is 0 Å². The molecule has 0 bridgehead atoms. The Balaban J connectivity index is 3.17. The third kappa shape index (κ3) is 3.00. The number of nitro groups is 1. The number of benzene rings is 1. The van der Waals surface area contributed by atoms with Gasteiger partial charge in [-0.15, -0.1) is 0 Å². The molecule has 0 heterocycles. The number of alkyl halides is 2. The number of halogens is 3. The monoisotopic (exact) mass is 267 g/mol. The molecule has 0 atom stereocenters. The summed E-state index contributed by atoms with van der Waals surface area (Å²) in [6, 6.07) is 2.65. The van der Waals surface area contributed by atoms with Gasteiger partial charge in [0.05, 0.1) is 4.92 Å². The molecule has 0 unspecified atom stereocenters. The first-order valence-electron chi connectivity index (χ1n) is 3.98. The number of aliphatic carboxylic acids is 1. The van der Waals surface area contributed by atoms with E-state index in [-0.39, 0.29) is 5.02 Å². The molecule has 0 aliphatic carbocycles. The van der Waals surface area contributed by atoms with Crippen LogP contribution in [0.1, 0.15) is 0 Å². The van der Waals surface area contributed by atoms with Gasteiger partial charge >= 0.3 is 17.8 Å². The van der Waals surface area contributed by atoms with Gasteiger partial charge in [-0.1, -0.05) is 11.6 Å². The van der Waals surface area contributed by atoms with E-state index in [2.05, 4.69) is 4.74 Å². The predicted octanol–water partition coefficient (Wildman–Crippen LogP) is 2.30. The third-order valence-corrected chi connectivity index (χ3v) is 1.84. The van der Waals surface area contributed by atoms with E-state index in [1.165, 1.54) is 0 Å². The van der Waals surface area contributed by atoms with Crippen LogP contribution >= 0.6 is 11.6 Å². The van der Waals surface area contributed by atoms with Crippen molar-refractivity contribution in [2.75, 3.05) is 0 Å². The molecule has 1 rings (SSSR count). The Morgan fingerprint density at radius 2 is 2.12 bits per heavy atom. The first-order chi connectivity index (χ1) is 7.74. The highest BCUT2D eigenvalue weighted by Crippen LogP contribution is 2.33. The van der Waals surface area contributed by atoms with Gasteiger partial charge in [-0.3, -0.25) is 10.1 Å². The molecular weight excluding hydrogens is 264 g/mol. The Kier molecular flexibility index (Phi) is 3.47. The van der Waals surface area contributed by atoms with Crippen LogP contribution in [0.15, 0.2) is 18.2 Å². The van der Waals surface area contributed by atoms with Gasteiger partial charge in [0.1, 0.15) is 0 Å². The van der Waals surface area contributed by atoms with E-state index in [0.29, 0.717) is 0 Å². The summed E-state index contributed by atoms with van der Waals surface area (Å²) in [5.74, 6) is -3.48. The molecule has 0 saturated carbocycles. The minimum absolute atomic E-state index is 0.105. The Morgan fingerprint density at radius 1 is 1.53 bits per heavy atom. The maximum atomic E-state index is 12.7. The van der Waals surface area contributed by atoms with Gasteiger partial charge in [0, 0.05) is 17.2 Å². The molecule has 0 aliphatic rings. The van der Waals surface area contributed by atoms with Crippen LogP contribution in [0.25, 0.3) is 0 Å². The molecular formula is C8H4ClF2NO5. The molecule has 0 saturated heterocycles.